The molecule has 0 radical (unpaired) electrons. The fourth-order valence-electron chi connectivity index (χ4n) is 1.81. The first kappa shape index (κ1) is 11.0. The molecular formula is C10H18N2O2. The summed E-state index contributed by atoms with van der Waals surface area (Å²) in [6.45, 7) is 6.51. The Bertz CT molecular complexity index is 236. The summed E-state index contributed by atoms with van der Waals surface area (Å²) >= 11 is 0. The zero-order valence-corrected chi connectivity index (χ0v) is 9.04. The topological polar surface area (TPSA) is 49.4 Å². The highest BCUT2D eigenvalue weighted by Gasteiger charge is 2.32. The second-order valence-corrected chi connectivity index (χ2v) is 3.82. The van der Waals surface area contributed by atoms with Gasteiger partial charge in [-0.05, 0) is 12.8 Å². The van der Waals surface area contributed by atoms with E-state index in [0.717, 1.165) is 12.8 Å². The Morgan fingerprint density at radius 1 is 1.43 bits per heavy atom. The van der Waals surface area contributed by atoms with Crippen LogP contribution in [-0.2, 0) is 4.79 Å². The van der Waals surface area contributed by atoms with Gasteiger partial charge in [0.05, 0.1) is 5.92 Å². The standard InChI is InChI=1S/C10H18N2O2/c1-4-8(5-2)12-6-7(3)9(13)11-10(12)14/h7-8H,4-6H2,1-3H3,(H,11,13,14). The molecule has 0 spiro atoms. The lowest BCUT2D eigenvalue weighted by molar-refractivity contribution is -0.125. The van der Waals surface area contributed by atoms with Crippen molar-refractivity contribution in [2.45, 2.75) is 39.7 Å². The molecule has 1 saturated heterocycles. The van der Waals surface area contributed by atoms with Gasteiger partial charge in [-0.25, -0.2) is 4.79 Å². The van der Waals surface area contributed by atoms with Crippen LogP contribution < -0.4 is 5.32 Å². The number of imide groups is 1. The number of nitrogens with zero attached hydrogens (tertiary/aromatic N) is 1. The monoisotopic (exact) mass is 198 g/mol. The van der Waals surface area contributed by atoms with E-state index in [4.69, 9.17) is 0 Å². The molecule has 1 fully saturated rings. The summed E-state index contributed by atoms with van der Waals surface area (Å²) in [5.41, 5.74) is 0. The molecule has 80 valence electrons. The van der Waals surface area contributed by atoms with Gasteiger partial charge in [0, 0.05) is 12.6 Å². The van der Waals surface area contributed by atoms with Gasteiger partial charge in [-0.2, -0.15) is 0 Å². The van der Waals surface area contributed by atoms with E-state index in [-0.39, 0.29) is 23.9 Å². The van der Waals surface area contributed by atoms with Gasteiger partial charge >= 0.3 is 6.03 Å². The maximum absolute atomic E-state index is 11.5. The van der Waals surface area contributed by atoms with Crippen LogP contribution in [0.2, 0.25) is 0 Å². The third kappa shape index (κ3) is 2.05. The number of urea groups is 1. The normalized spacial score (nSPS) is 22.9. The van der Waals surface area contributed by atoms with Gasteiger partial charge in [-0.3, -0.25) is 10.1 Å². The van der Waals surface area contributed by atoms with Crippen molar-refractivity contribution in [2.24, 2.45) is 5.92 Å². The molecule has 1 atom stereocenters. The van der Waals surface area contributed by atoms with E-state index in [9.17, 15) is 9.59 Å². The molecule has 1 heterocycles. The summed E-state index contributed by atoms with van der Waals surface area (Å²) in [6, 6.07) is 0.0207. The molecule has 0 aliphatic carbocycles. The molecule has 1 N–H and O–H groups in total. The Balaban J connectivity index is 2.69. The second kappa shape index (κ2) is 4.44. The van der Waals surface area contributed by atoms with Crippen LogP contribution in [0.5, 0.6) is 0 Å². The van der Waals surface area contributed by atoms with Crippen LogP contribution in [0.3, 0.4) is 0 Å². The highest BCUT2D eigenvalue weighted by atomic mass is 16.2. The van der Waals surface area contributed by atoms with E-state index in [2.05, 4.69) is 19.2 Å². The Labute approximate surface area is 84.7 Å². The Hall–Kier alpha value is -1.06. The van der Waals surface area contributed by atoms with Crippen LogP contribution in [0.4, 0.5) is 4.79 Å². The highest BCUT2D eigenvalue weighted by molar-refractivity contribution is 5.97. The lowest BCUT2D eigenvalue weighted by Crippen LogP contribution is -2.56. The van der Waals surface area contributed by atoms with Gasteiger partial charge in [-0.15, -0.1) is 0 Å². The maximum Gasteiger partial charge on any atom is 0.324 e. The van der Waals surface area contributed by atoms with Gasteiger partial charge in [-0.1, -0.05) is 20.8 Å². The first-order valence-electron chi connectivity index (χ1n) is 5.21. The molecule has 0 aromatic carbocycles. The fraction of sp³-hybridized carbons (Fsp3) is 0.800. The Kier molecular flexibility index (Phi) is 3.49. The van der Waals surface area contributed by atoms with Gasteiger partial charge in [0.1, 0.15) is 0 Å². The predicted octanol–water partition coefficient (Wildman–Crippen LogP) is 1.36. The molecule has 1 aliphatic heterocycles. The number of amides is 3. The van der Waals surface area contributed by atoms with Gasteiger partial charge < -0.3 is 4.90 Å². The number of carbonyl (C=O) groups is 2. The zero-order chi connectivity index (χ0) is 10.7. The van der Waals surface area contributed by atoms with Gasteiger partial charge in [0.15, 0.2) is 0 Å². The van der Waals surface area contributed by atoms with Crippen LogP contribution >= 0.6 is 0 Å². The second-order valence-electron chi connectivity index (χ2n) is 3.82. The van der Waals surface area contributed by atoms with Crippen LogP contribution in [0, 0.1) is 5.92 Å². The predicted molar refractivity (Wildman–Crippen MR) is 53.8 cm³/mol. The molecule has 0 bridgehead atoms. The zero-order valence-electron chi connectivity index (χ0n) is 9.04. The minimum atomic E-state index is -0.234. The van der Waals surface area contributed by atoms with Crippen molar-refractivity contribution < 1.29 is 9.59 Å². The molecule has 4 nitrogen and oxygen atoms in total. The van der Waals surface area contributed by atoms with Crippen molar-refractivity contribution in [2.75, 3.05) is 6.54 Å². The van der Waals surface area contributed by atoms with Gasteiger partial charge in [0.2, 0.25) is 5.91 Å². The number of nitrogens with one attached hydrogen (secondary N) is 1. The van der Waals surface area contributed by atoms with Crippen molar-refractivity contribution in [3.8, 4) is 0 Å². The molecule has 4 heteroatoms. The number of hydrogen-bond donors (Lipinski definition) is 1. The fourth-order valence-corrected chi connectivity index (χ4v) is 1.81. The summed E-state index contributed by atoms with van der Waals surface area (Å²) < 4.78 is 0. The molecule has 3 amide bonds. The quantitative estimate of drug-likeness (QED) is 0.744. The van der Waals surface area contributed by atoms with Crippen LogP contribution in [0.1, 0.15) is 33.6 Å². The highest BCUT2D eigenvalue weighted by Crippen LogP contribution is 2.15. The summed E-state index contributed by atoms with van der Waals surface area (Å²) in [7, 11) is 0. The van der Waals surface area contributed by atoms with Crippen LogP contribution in [0.15, 0.2) is 0 Å². The third-order valence-electron chi connectivity index (χ3n) is 2.79. The molecule has 14 heavy (non-hydrogen) atoms. The average molecular weight is 198 g/mol. The maximum atomic E-state index is 11.5. The third-order valence-corrected chi connectivity index (χ3v) is 2.79. The first-order chi connectivity index (χ1) is 6.60. The van der Waals surface area contributed by atoms with E-state index in [1.807, 2.05) is 6.92 Å². The van der Waals surface area contributed by atoms with E-state index in [1.54, 1.807) is 4.90 Å². The molecule has 0 aromatic rings. The summed E-state index contributed by atoms with van der Waals surface area (Å²) in [5.74, 6) is -0.245. The Morgan fingerprint density at radius 3 is 2.50 bits per heavy atom. The van der Waals surface area contributed by atoms with Crippen molar-refractivity contribution in [1.82, 2.24) is 10.2 Å². The average Bonchev–Trinajstić information content (AvgIpc) is 2.15. The van der Waals surface area contributed by atoms with Crippen molar-refractivity contribution in [3.05, 3.63) is 0 Å². The summed E-state index contributed by atoms with van der Waals surface area (Å²) in [6.07, 6.45) is 1.87. The summed E-state index contributed by atoms with van der Waals surface area (Å²) in [5, 5.41) is 2.38. The molecular weight excluding hydrogens is 180 g/mol. The number of carbonyl (C=O) groups excluding carboxylic acids is 2. The smallest absolute Gasteiger partial charge is 0.321 e. The molecule has 0 aromatic heterocycles. The summed E-state index contributed by atoms with van der Waals surface area (Å²) in [4.78, 5) is 24.5. The number of rotatable bonds is 3. The van der Waals surface area contributed by atoms with Crippen LogP contribution in [0.25, 0.3) is 0 Å². The largest absolute Gasteiger partial charge is 0.324 e. The van der Waals surface area contributed by atoms with E-state index >= 15 is 0 Å². The lowest BCUT2D eigenvalue weighted by Gasteiger charge is -2.35. The lowest BCUT2D eigenvalue weighted by atomic mass is 10.0. The van der Waals surface area contributed by atoms with Crippen molar-refractivity contribution in [3.63, 3.8) is 0 Å². The van der Waals surface area contributed by atoms with Crippen molar-refractivity contribution >= 4 is 11.9 Å². The minimum Gasteiger partial charge on any atom is -0.321 e. The number of hydrogen-bond acceptors (Lipinski definition) is 2. The van der Waals surface area contributed by atoms with E-state index in [0.29, 0.717) is 6.54 Å². The first-order valence-corrected chi connectivity index (χ1v) is 5.21. The van der Waals surface area contributed by atoms with E-state index < -0.39 is 0 Å². The Morgan fingerprint density at radius 2 is 2.00 bits per heavy atom. The van der Waals surface area contributed by atoms with Crippen LogP contribution in [-0.4, -0.2) is 29.4 Å². The molecule has 1 aliphatic rings. The molecule has 0 saturated carbocycles. The van der Waals surface area contributed by atoms with Crippen molar-refractivity contribution in [1.29, 1.82) is 0 Å². The minimum absolute atomic E-state index is 0.0895. The van der Waals surface area contributed by atoms with Gasteiger partial charge in [0.25, 0.3) is 0 Å². The molecule has 1 rings (SSSR count). The van der Waals surface area contributed by atoms with E-state index in [1.165, 1.54) is 0 Å². The molecule has 1 unspecified atom stereocenters. The SMILES string of the molecule is CCC(CC)N1CC(C)C(=O)NC1=O.